The number of carbonyl (C=O) groups excluding carboxylic acids is 1. The van der Waals surface area contributed by atoms with E-state index in [9.17, 15) is 44.0 Å². The molecule has 0 atom stereocenters. The standard InChI is InChI=1S/C26H23N5O4.C14H11N3O2.C12H14N2O3.CH3F/c1-26(2,35)14-31-20-10-6-5-9-18(20)23(30-31)25(34)27-19-12-11-15(13-21(19)32)22-16-7-3-4-8-17(16)24(33)29-28-22;15-11-6-5-8(7-12(11)18)13-9-3-1-2-4-10(9)14(19)17-16-13;1-12(2,17)7-14-9-6-4-3-5-8(9)10(13-14)11(15)16;1-2/h3-13,32,35H,14H2,1-2H3,(H,27,34)(H,29,33);1-7,18H,15H2,(H,17,19);3-6,17H,7H2,1-2H3,(H,15,16);1H3/i;;;1D. The zero-order valence-electron chi connectivity index (χ0n) is 40.8. The molecule has 6 aromatic carbocycles. The fraction of sp³-hybridized carbons (Fsp3) is 0.170. The number of H-pyrrole nitrogens is 2. The minimum Gasteiger partial charge on any atom is -0.506 e. The number of aromatic carboxylic acids is 1. The summed E-state index contributed by atoms with van der Waals surface area (Å²) >= 11 is 0. The number of aliphatic hydroxyl groups is 2. The number of hydrogen-bond donors (Lipinski definition) is 9. The van der Waals surface area contributed by atoms with Crippen molar-refractivity contribution >= 4 is 66.6 Å². The summed E-state index contributed by atoms with van der Waals surface area (Å²) in [5, 5.41) is 77.4. The third-order valence-corrected chi connectivity index (χ3v) is 11.0. The number of para-hydroxylation sites is 2. The highest BCUT2D eigenvalue weighted by Gasteiger charge is 2.23. The lowest BCUT2D eigenvalue weighted by atomic mass is 10.0. The zero-order chi connectivity index (χ0) is 53.5. The third-order valence-electron chi connectivity index (χ3n) is 11.0. The van der Waals surface area contributed by atoms with Gasteiger partial charge in [0.25, 0.3) is 17.0 Å². The first-order valence-corrected chi connectivity index (χ1v) is 22.3. The number of carboxylic acids is 1. The Morgan fingerprint density at radius 2 is 1.03 bits per heavy atom. The Kier molecular flexibility index (Phi) is 14.7. The number of alkyl halides is 1. The van der Waals surface area contributed by atoms with Gasteiger partial charge in [0.15, 0.2) is 11.4 Å². The molecule has 10 N–H and O–H groups in total. The van der Waals surface area contributed by atoms with Crippen LogP contribution in [0, 0.1) is 0 Å². The molecule has 0 aliphatic heterocycles. The van der Waals surface area contributed by atoms with Crippen LogP contribution in [-0.4, -0.2) is 95.7 Å². The molecule has 1 amide bonds. The lowest BCUT2D eigenvalue weighted by Gasteiger charge is -2.17. The Bertz CT molecular complexity index is 3800. The third kappa shape index (κ3) is 11.7. The van der Waals surface area contributed by atoms with Crippen molar-refractivity contribution in [3.63, 3.8) is 0 Å². The number of carboxylic acid groups (broad SMARTS) is 1. The van der Waals surface area contributed by atoms with Crippen LogP contribution in [0.25, 0.3) is 65.9 Å². The molecule has 73 heavy (non-hydrogen) atoms. The van der Waals surface area contributed by atoms with Crippen molar-refractivity contribution in [2.75, 3.05) is 18.2 Å². The van der Waals surface area contributed by atoms with Crippen LogP contribution in [0.3, 0.4) is 0 Å². The summed E-state index contributed by atoms with van der Waals surface area (Å²) in [5.41, 5.74) is 7.60. The minimum absolute atomic E-state index is 0.00502. The highest BCUT2D eigenvalue weighted by Crippen LogP contribution is 2.33. The molecule has 0 aliphatic rings. The number of halogens is 1. The normalized spacial score (nSPS) is 11.5. The molecule has 0 unspecified atom stereocenters. The first kappa shape index (κ1) is 50.1. The molecule has 10 aromatic rings. The van der Waals surface area contributed by atoms with Crippen molar-refractivity contribution < 1.29 is 40.9 Å². The Morgan fingerprint density at radius 3 is 1.47 bits per heavy atom. The molecular formula is C53H51FN10O9. The summed E-state index contributed by atoms with van der Waals surface area (Å²) in [7, 11) is -1.00. The number of amides is 1. The number of rotatable bonds is 9. The molecular weight excluding hydrogens is 940 g/mol. The van der Waals surface area contributed by atoms with Crippen molar-refractivity contribution in [2.24, 2.45) is 0 Å². The van der Waals surface area contributed by atoms with Crippen LogP contribution in [0.4, 0.5) is 15.8 Å². The van der Waals surface area contributed by atoms with Crippen LogP contribution in [0.15, 0.2) is 143 Å². The monoisotopic (exact) mass is 991 g/mol. The topological polar surface area (TPSA) is 300 Å². The number of phenolic OH excluding ortho intramolecular Hbond substituents is 2. The van der Waals surface area contributed by atoms with Crippen LogP contribution in [-0.2, 0) is 13.1 Å². The van der Waals surface area contributed by atoms with Gasteiger partial charge in [-0.2, -0.15) is 20.4 Å². The maximum absolute atomic E-state index is 13.1. The van der Waals surface area contributed by atoms with Gasteiger partial charge in [-0.15, -0.1) is 0 Å². The molecule has 0 spiro atoms. The number of aromatic nitrogens is 8. The average molecular weight is 992 g/mol. The Balaban J connectivity index is 0.000000173. The Hall–Kier alpha value is -9.27. The van der Waals surface area contributed by atoms with Gasteiger partial charge in [-0.05, 0) is 76.2 Å². The van der Waals surface area contributed by atoms with Crippen molar-refractivity contribution in [2.45, 2.75) is 52.0 Å². The van der Waals surface area contributed by atoms with E-state index < -0.39 is 30.2 Å². The van der Waals surface area contributed by atoms with Crippen molar-refractivity contribution in [3.8, 4) is 34.0 Å². The van der Waals surface area contributed by atoms with Crippen LogP contribution in [0.5, 0.6) is 11.5 Å². The first-order chi connectivity index (χ1) is 35.2. The van der Waals surface area contributed by atoms with Gasteiger partial charge in [-0.25, -0.2) is 15.0 Å². The summed E-state index contributed by atoms with van der Waals surface area (Å²) < 4.78 is 18.6. The number of nitrogens with one attached hydrogen (secondary N) is 3. The predicted molar refractivity (Wildman–Crippen MR) is 277 cm³/mol. The first-order valence-electron chi connectivity index (χ1n) is 23.0. The van der Waals surface area contributed by atoms with E-state index in [1.165, 1.54) is 16.8 Å². The Labute approximate surface area is 416 Å². The van der Waals surface area contributed by atoms with E-state index in [1.807, 2.05) is 42.5 Å². The fourth-order valence-corrected chi connectivity index (χ4v) is 7.88. The lowest BCUT2D eigenvalue weighted by Crippen LogP contribution is -2.27. The number of phenols is 2. The largest absolute Gasteiger partial charge is 0.506 e. The van der Waals surface area contributed by atoms with E-state index >= 15 is 0 Å². The van der Waals surface area contributed by atoms with Gasteiger partial charge in [0.2, 0.25) is 0 Å². The molecule has 10 rings (SSSR count). The van der Waals surface area contributed by atoms with Crippen molar-refractivity contribution in [3.05, 3.63) is 166 Å². The van der Waals surface area contributed by atoms with Gasteiger partial charge in [0.05, 0.1) is 77.4 Å². The molecule has 0 aliphatic carbocycles. The quantitative estimate of drug-likeness (QED) is 0.0496. The number of carbonyl (C=O) groups is 2. The van der Waals surface area contributed by atoms with Crippen molar-refractivity contribution in [1.29, 1.82) is 0 Å². The predicted octanol–water partition coefficient (Wildman–Crippen LogP) is 7.64. The highest BCUT2D eigenvalue weighted by atomic mass is 19.1. The molecule has 4 aromatic heterocycles. The number of fused-ring (bicyclic) bond motifs is 4. The molecule has 0 radical (unpaired) electrons. The number of hydrogen-bond acceptors (Lipinski definition) is 13. The second-order valence-corrected chi connectivity index (χ2v) is 17.8. The summed E-state index contributed by atoms with van der Waals surface area (Å²) in [6.45, 7) is 7.11. The molecule has 20 heteroatoms. The summed E-state index contributed by atoms with van der Waals surface area (Å²) in [6.07, 6.45) is 0. The van der Waals surface area contributed by atoms with E-state index in [-0.39, 0.29) is 52.8 Å². The fourth-order valence-electron chi connectivity index (χ4n) is 7.88. The second kappa shape index (κ2) is 21.4. The van der Waals surface area contributed by atoms with Crippen LogP contribution in [0.1, 0.15) is 50.0 Å². The van der Waals surface area contributed by atoms with Gasteiger partial charge in [0.1, 0.15) is 11.5 Å². The number of aromatic amines is 2. The van der Waals surface area contributed by atoms with Crippen LogP contribution < -0.4 is 22.2 Å². The van der Waals surface area contributed by atoms with E-state index in [1.54, 1.807) is 111 Å². The molecule has 0 saturated carbocycles. The molecule has 4 heterocycles. The van der Waals surface area contributed by atoms with Gasteiger partial charge in [0, 0.05) is 32.7 Å². The van der Waals surface area contributed by atoms with Crippen LogP contribution in [0.2, 0.25) is 0 Å². The van der Waals surface area contributed by atoms with E-state index in [0.717, 1.165) is 10.9 Å². The number of nitrogen functional groups attached to an aromatic ring is 1. The van der Waals surface area contributed by atoms with Gasteiger partial charge in [-0.3, -0.25) is 28.1 Å². The lowest BCUT2D eigenvalue weighted by molar-refractivity contribution is 0.0575. The maximum atomic E-state index is 13.1. The van der Waals surface area contributed by atoms with Gasteiger partial charge < -0.3 is 36.6 Å². The van der Waals surface area contributed by atoms with E-state index in [0.29, 0.717) is 60.6 Å². The zero-order valence-corrected chi connectivity index (χ0v) is 39.8. The number of aromatic hydroxyl groups is 2. The molecule has 374 valence electrons. The average Bonchev–Trinajstić information content (AvgIpc) is 3.91. The van der Waals surface area contributed by atoms with E-state index in [2.05, 4.69) is 35.9 Å². The summed E-state index contributed by atoms with van der Waals surface area (Å²) in [4.78, 5) is 47.9. The summed E-state index contributed by atoms with van der Waals surface area (Å²) in [6, 6.07) is 38.2. The molecule has 0 fully saturated rings. The van der Waals surface area contributed by atoms with Gasteiger partial charge >= 0.3 is 5.97 Å². The number of benzene rings is 6. The second-order valence-electron chi connectivity index (χ2n) is 17.8. The number of anilines is 2. The highest BCUT2D eigenvalue weighted by molar-refractivity contribution is 6.12. The number of nitrogens with zero attached hydrogens (tertiary/aromatic N) is 6. The maximum Gasteiger partial charge on any atom is 0.357 e. The molecule has 0 bridgehead atoms. The smallest absolute Gasteiger partial charge is 0.357 e. The molecule has 0 saturated heterocycles. The van der Waals surface area contributed by atoms with Crippen LogP contribution >= 0.6 is 0 Å². The SMILES string of the molecule is CC(C)(O)Cn1nc(C(=O)Nc2ccc(-c3n[nH]c(=O)c4ccccc34)cc2O)c2ccccc21.CC(C)(O)Cn1nc(C(=O)O)c2ccccc21.Nc1ccc(-c2n[nH]c(=O)c3ccccc23)cc1O.[2H]CF. The summed E-state index contributed by atoms with van der Waals surface area (Å²) in [5.74, 6) is -1.72. The minimum atomic E-state index is -1.06. The van der Waals surface area contributed by atoms with Crippen molar-refractivity contribution in [1.82, 2.24) is 40.0 Å². The Morgan fingerprint density at radius 1 is 0.630 bits per heavy atom. The molecule has 19 nitrogen and oxygen atoms in total. The van der Waals surface area contributed by atoms with E-state index in [4.69, 9.17) is 12.2 Å². The number of nitrogens with two attached hydrogens (primary N) is 1. The van der Waals surface area contributed by atoms with Gasteiger partial charge in [-0.1, -0.05) is 84.9 Å².